The van der Waals surface area contributed by atoms with Crippen molar-refractivity contribution in [1.82, 2.24) is 15.5 Å². The van der Waals surface area contributed by atoms with Crippen molar-refractivity contribution in [3.8, 4) is 0 Å². The summed E-state index contributed by atoms with van der Waals surface area (Å²) in [5.41, 5.74) is 5.49. The number of hydrogen-bond acceptors (Lipinski definition) is 3. The molecule has 1 heterocycles. The van der Waals surface area contributed by atoms with Gasteiger partial charge in [-0.3, -0.25) is 4.90 Å². The predicted molar refractivity (Wildman–Crippen MR) is 68.5 cm³/mol. The van der Waals surface area contributed by atoms with E-state index in [1.165, 1.54) is 0 Å². The van der Waals surface area contributed by atoms with Gasteiger partial charge in [0.15, 0.2) is 0 Å². The first-order valence-electron chi connectivity index (χ1n) is 5.66. The van der Waals surface area contributed by atoms with Gasteiger partial charge in [-0.15, -0.1) is 0 Å². The molecule has 4 N–H and O–H groups in total. The van der Waals surface area contributed by atoms with Crippen LogP contribution < -0.4 is 16.4 Å². The second-order valence-corrected chi connectivity index (χ2v) is 4.54. The van der Waals surface area contributed by atoms with Gasteiger partial charge in [0.1, 0.15) is 0 Å². The first-order valence-corrected chi connectivity index (χ1v) is 6.07. The molecule has 1 aliphatic rings. The van der Waals surface area contributed by atoms with Crippen molar-refractivity contribution in [3.05, 3.63) is 0 Å². The maximum atomic E-state index is 11.3. The van der Waals surface area contributed by atoms with E-state index >= 15 is 0 Å². The number of carbonyl (C=O) groups is 1. The number of amides is 2. The maximum absolute atomic E-state index is 11.3. The molecule has 0 aromatic heterocycles. The largest absolute Gasteiger partial charge is 0.392 e. The highest BCUT2D eigenvalue weighted by molar-refractivity contribution is 7.80. The molecule has 0 bridgehead atoms. The number of likely N-dealkylation sites (tertiary alicyclic amines) is 1. The van der Waals surface area contributed by atoms with Crippen molar-refractivity contribution in [1.29, 1.82) is 0 Å². The summed E-state index contributed by atoms with van der Waals surface area (Å²) in [5, 5.41) is 5.68. The van der Waals surface area contributed by atoms with E-state index < -0.39 is 0 Å². The molecule has 1 rings (SSSR count). The Bertz CT molecular complexity index is 251. The standard InChI is InChI=1S/C10H20N4OS/c1-2-12-10(15)13-8-3-5-14(6-4-8)7-9(11)16/h8H,2-7H2,1H3,(H2,11,16)(H2,12,13,15). The van der Waals surface area contributed by atoms with E-state index in [0.717, 1.165) is 25.9 Å². The number of urea groups is 1. The molecule has 1 fully saturated rings. The van der Waals surface area contributed by atoms with Crippen molar-refractivity contribution in [3.63, 3.8) is 0 Å². The zero-order valence-corrected chi connectivity index (χ0v) is 10.5. The highest BCUT2D eigenvalue weighted by Crippen LogP contribution is 2.09. The van der Waals surface area contributed by atoms with Crippen LogP contribution in [-0.4, -0.2) is 48.1 Å². The van der Waals surface area contributed by atoms with E-state index in [2.05, 4.69) is 15.5 Å². The summed E-state index contributed by atoms with van der Waals surface area (Å²) >= 11 is 4.87. The molecule has 16 heavy (non-hydrogen) atoms. The van der Waals surface area contributed by atoms with E-state index in [9.17, 15) is 4.79 Å². The zero-order valence-electron chi connectivity index (χ0n) is 9.66. The van der Waals surface area contributed by atoms with Crippen LogP contribution >= 0.6 is 12.2 Å². The number of thiocarbonyl (C=S) groups is 1. The number of nitrogens with zero attached hydrogens (tertiary/aromatic N) is 1. The third-order valence-electron chi connectivity index (χ3n) is 2.64. The SMILES string of the molecule is CCNC(=O)NC1CCN(CC(N)=S)CC1. The Labute approximate surface area is 102 Å². The van der Waals surface area contributed by atoms with Crippen LogP contribution in [0, 0.1) is 0 Å². The second kappa shape index (κ2) is 6.65. The third kappa shape index (κ3) is 4.76. The van der Waals surface area contributed by atoms with Crippen molar-refractivity contribution < 1.29 is 4.79 Å². The fraction of sp³-hybridized carbons (Fsp3) is 0.800. The summed E-state index contributed by atoms with van der Waals surface area (Å²) in [5.74, 6) is 0. The fourth-order valence-electron chi connectivity index (χ4n) is 1.85. The lowest BCUT2D eigenvalue weighted by molar-refractivity contribution is 0.207. The highest BCUT2D eigenvalue weighted by Gasteiger charge is 2.20. The molecule has 92 valence electrons. The van der Waals surface area contributed by atoms with Crippen LogP contribution in [0.5, 0.6) is 0 Å². The molecular formula is C10H20N4OS. The van der Waals surface area contributed by atoms with Gasteiger partial charge in [-0.2, -0.15) is 0 Å². The van der Waals surface area contributed by atoms with Crippen LogP contribution in [0.4, 0.5) is 4.79 Å². The van der Waals surface area contributed by atoms with Crippen molar-refractivity contribution in [2.45, 2.75) is 25.8 Å². The number of rotatable bonds is 4. The Kier molecular flexibility index (Phi) is 5.48. The van der Waals surface area contributed by atoms with Gasteiger partial charge in [0.25, 0.3) is 0 Å². The van der Waals surface area contributed by atoms with Crippen molar-refractivity contribution in [2.24, 2.45) is 5.73 Å². The topological polar surface area (TPSA) is 70.4 Å². The van der Waals surface area contributed by atoms with Crippen LogP contribution in [0.25, 0.3) is 0 Å². The lowest BCUT2D eigenvalue weighted by Gasteiger charge is -2.31. The molecule has 5 nitrogen and oxygen atoms in total. The summed E-state index contributed by atoms with van der Waals surface area (Å²) in [6.45, 7) is 5.13. The summed E-state index contributed by atoms with van der Waals surface area (Å²) in [6.07, 6.45) is 1.92. The molecule has 0 unspecified atom stereocenters. The van der Waals surface area contributed by atoms with Crippen LogP contribution in [0.1, 0.15) is 19.8 Å². The third-order valence-corrected chi connectivity index (χ3v) is 2.77. The lowest BCUT2D eigenvalue weighted by Crippen LogP contribution is -2.49. The minimum Gasteiger partial charge on any atom is -0.392 e. The molecule has 0 radical (unpaired) electrons. The monoisotopic (exact) mass is 244 g/mol. The van der Waals surface area contributed by atoms with Gasteiger partial charge >= 0.3 is 6.03 Å². The van der Waals surface area contributed by atoms with E-state index in [1.807, 2.05) is 6.92 Å². The molecule has 0 spiro atoms. The average Bonchev–Trinajstić information content (AvgIpc) is 2.20. The predicted octanol–water partition coefficient (Wildman–Crippen LogP) is 0.0560. The van der Waals surface area contributed by atoms with Crippen LogP contribution in [0.3, 0.4) is 0 Å². The van der Waals surface area contributed by atoms with Gasteiger partial charge in [0.2, 0.25) is 0 Å². The van der Waals surface area contributed by atoms with Gasteiger partial charge < -0.3 is 16.4 Å². The Balaban J connectivity index is 2.21. The fourth-order valence-corrected chi connectivity index (χ4v) is 2.04. The quantitative estimate of drug-likeness (QED) is 0.611. The summed E-state index contributed by atoms with van der Waals surface area (Å²) in [7, 11) is 0. The van der Waals surface area contributed by atoms with Crippen LogP contribution in [0.15, 0.2) is 0 Å². The molecule has 0 atom stereocenters. The molecule has 0 saturated carbocycles. The average molecular weight is 244 g/mol. The Morgan fingerprint density at radius 3 is 2.62 bits per heavy atom. The smallest absolute Gasteiger partial charge is 0.314 e. The molecule has 0 aromatic rings. The van der Waals surface area contributed by atoms with Gasteiger partial charge in [-0.25, -0.2) is 4.79 Å². The van der Waals surface area contributed by atoms with Crippen molar-refractivity contribution in [2.75, 3.05) is 26.2 Å². The lowest BCUT2D eigenvalue weighted by atomic mass is 10.1. The highest BCUT2D eigenvalue weighted by atomic mass is 32.1. The van der Waals surface area contributed by atoms with Crippen LogP contribution in [0.2, 0.25) is 0 Å². The number of piperidine rings is 1. The van der Waals surface area contributed by atoms with Gasteiger partial charge in [0.05, 0.1) is 4.99 Å². The minimum absolute atomic E-state index is 0.0738. The van der Waals surface area contributed by atoms with E-state index in [-0.39, 0.29) is 12.1 Å². The molecule has 2 amide bonds. The summed E-state index contributed by atoms with van der Waals surface area (Å²) < 4.78 is 0. The number of nitrogens with two attached hydrogens (primary N) is 1. The first-order chi connectivity index (χ1) is 7.61. The number of hydrogen-bond donors (Lipinski definition) is 3. The van der Waals surface area contributed by atoms with Crippen molar-refractivity contribution >= 4 is 23.2 Å². The normalized spacial score (nSPS) is 18.1. The Morgan fingerprint density at radius 2 is 2.12 bits per heavy atom. The maximum Gasteiger partial charge on any atom is 0.314 e. The van der Waals surface area contributed by atoms with Gasteiger partial charge in [0, 0.05) is 32.2 Å². The van der Waals surface area contributed by atoms with Crippen LogP contribution in [-0.2, 0) is 0 Å². The Morgan fingerprint density at radius 1 is 1.50 bits per heavy atom. The summed E-state index contributed by atoms with van der Waals surface area (Å²) in [6, 6.07) is 0.199. The molecule has 1 saturated heterocycles. The molecule has 0 aliphatic carbocycles. The first kappa shape index (κ1) is 13.2. The molecule has 0 aromatic carbocycles. The Hall–Kier alpha value is -0.880. The molecule has 1 aliphatic heterocycles. The van der Waals surface area contributed by atoms with Gasteiger partial charge in [-0.05, 0) is 19.8 Å². The van der Waals surface area contributed by atoms with E-state index in [4.69, 9.17) is 18.0 Å². The zero-order chi connectivity index (χ0) is 12.0. The van der Waals surface area contributed by atoms with E-state index in [1.54, 1.807) is 0 Å². The summed E-state index contributed by atoms with van der Waals surface area (Å²) in [4.78, 5) is 14.1. The van der Waals surface area contributed by atoms with Gasteiger partial charge in [-0.1, -0.05) is 12.2 Å². The second-order valence-electron chi connectivity index (χ2n) is 4.02. The van der Waals surface area contributed by atoms with E-state index in [0.29, 0.717) is 18.1 Å². The number of carbonyl (C=O) groups excluding carboxylic acids is 1. The number of nitrogens with one attached hydrogen (secondary N) is 2. The molecular weight excluding hydrogens is 224 g/mol. The minimum atomic E-state index is -0.0738. The molecule has 6 heteroatoms.